The summed E-state index contributed by atoms with van der Waals surface area (Å²) in [6.07, 6.45) is 0. The second-order valence-corrected chi connectivity index (χ2v) is 6.66. The molecule has 0 spiro atoms. The van der Waals surface area contributed by atoms with Crippen LogP contribution < -0.4 is 10.2 Å². The molecule has 0 atom stereocenters. The number of thiocarbonyl (C=S) groups is 1. The van der Waals surface area contributed by atoms with E-state index in [0.29, 0.717) is 10.1 Å². The minimum Gasteiger partial charge on any atom is -0.368 e. The van der Waals surface area contributed by atoms with E-state index in [9.17, 15) is 4.39 Å². The normalized spacial score (nSPS) is 14.6. The number of halogens is 2. The third kappa shape index (κ3) is 3.97. The van der Waals surface area contributed by atoms with Crippen LogP contribution in [0.5, 0.6) is 0 Å². The first-order valence-electron chi connectivity index (χ1n) is 7.85. The summed E-state index contributed by atoms with van der Waals surface area (Å²) in [7, 11) is 0. The van der Waals surface area contributed by atoms with Crippen LogP contribution in [0.25, 0.3) is 0 Å². The van der Waals surface area contributed by atoms with Crippen molar-refractivity contribution < 1.29 is 4.39 Å². The first-order chi connectivity index (χ1) is 11.5. The van der Waals surface area contributed by atoms with Crippen molar-refractivity contribution in [1.82, 2.24) is 4.90 Å². The number of benzene rings is 2. The Morgan fingerprint density at radius 1 is 1.08 bits per heavy atom. The van der Waals surface area contributed by atoms with Crippen molar-refractivity contribution in [2.24, 2.45) is 0 Å². The maximum absolute atomic E-state index is 13.0. The lowest BCUT2D eigenvalue weighted by Gasteiger charge is -2.37. The molecule has 0 amide bonds. The van der Waals surface area contributed by atoms with Gasteiger partial charge in [-0.2, -0.15) is 0 Å². The molecule has 2 aromatic carbocycles. The Balaban J connectivity index is 1.58. The molecular formula is C18H19ClFN3S. The lowest BCUT2D eigenvalue weighted by Crippen LogP contribution is -2.50. The summed E-state index contributed by atoms with van der Waals surface area (Å²) in [5, 5.41) is 4.58. The molecule has 1 fully saturated rings. The molecule has 0 aliphatic carbocycles. The molecular weight excluding hydrogens is 345 g/mol. The highest BCUT2D eigenvalue weighted by atomic mass is 35.5. The summed E-state index contributed by atoms with van der Waals surface area (Å²) < 4.78 is 13.0. The maximum atomic E-state index is 13.0. The first-order valence-corrected chi connectivity index (χ1v) is 8.64. The van der Waals surface area contributed by atoms with Gasteiger partial charge in [0.05, 0.1) is 10.7 Å². The quantitative estimate of drug-likeness (QED) is 0.801. The summed E-state index contributed by atoms with van der Waals surface area (Å²) in [5.74, 6) is -0.210. The van der Waals surface area contributed by atoms with Gasteiger partial charge in [-0.05, 0) is 61.1 Å². The third-order valence-electron chi connectivity index (χ3n) is 4.12. The Hall–Kier alpha value is -1.85. The highest BCUT2D eigenvalue weighted by Crippen LogP contribution is 2.23. The summed E-state index contributed by atoms with van der Waals surface area (Å²) in [5.41, 5.74) is 2.98. The van der Waals surface area contributed by atoms with Crippen molar-refractivity contribution in [2.75, 3.05) is 36.4 Å². The topological polar surface area (TPSA) is 18.5 Å². The third-order valence-corrected chi connectivity index (χ3v) is 4.80. The number of piperazine rings is 1. The Kier molecular flexibility index (Phi) is 5.21. The molecule has 0 radical (unpaired) electrons. The van der Waals surface area contributed by atoms with Crippen LogP contribution in [0.2, 0.25) is 5.02 Å². The van der Waals surface area contributed by atoms with Crippen molar-refractivity contribution in [3.8, 4) is 0 Å². The SMILES string of the molecule is Cc1ccc(NC(=S)N2CCN(c3ccc(F)cc3)CC2)c(Cl)c1. The van der Waals surface area contributed by atoms with Crippen molar-refractivity contribution in [3.63, 3.8) is 0 Å². The zero-order chi connectivity index (χ0) is 17.1. The van der Waals surface area contributed by atoms with Crippen LogP contribution in [-0.2, 0) is 0 Å². The van der Waals surface area contributed by atoms with Gasteiger partial charge in [0.15, 0.2) is 5.11 Å². The molecule has 24 heavy (non-hydrogen) atoms. The molecule has 2 aromatic rings. The molecule has 0 saturated carbocycles. The second kappa shape index (κ2) is 7.36. The summed E-state index contributed by atoms with van der Waals surface area (Å²) in [4.78, 5) is 4.36. The number of anilines is 2. The number of rotatable bonds is 2. The van der Waals surface area contributed by atoms with Crippen LogP contribution in [-0.4, -0.2) is 36.2 Å². The number of nitrogens with zero attached hydrogens (tertiary/aromatic N) is 2. The lowest BCUT2D eigenvalue weighted by atomic mass is 10.2. The van der Waals surface area contributed by atoms with E-state index in [1.807, 2.05) is 37.3 Å². The first kappa shape index (κ1) is 17.0. The van der Waals surface area contributed by atoms with Crippen molar-refractivity contribution >= 4 is 40.3 Å². The molecule has 1 saturated heterocycles. The minimum atomic E-state index is -0.210. The van der Waals surface area contributed by atoms with Gasteiger partial charge in [0, 0.05) is 31.9 Å². The molecule has 6 heteroatoms. The number of hydrogen-bond acceptors (Lipinski definition) is 2. The van der Waals surface area contributed by atoms with Gasteiger partial charge >= 0.3 is 0 Å². The Labute approximate surface area is 152 Å². The number of aryl methyl sites for hydroxylation is 1. The molecule has 0 bridgehead atoms. The van der Waals surface area contributed by atoms with Crippen LogP contribution in [0, 0.1) is 12.7 Å². The van der Waals surface area contributed by atoms with E-state index >= 15 is 0 Å². The van der Waals surface area contributed by atoms with Crippen LogP contribution in [0.3, 0.4) is 0 Å². The van der Waals surface area contributed by atoms with Gasteiger partial charge in [-0.1, -0.05) is 17.7 Å². The zero-order valence-electron chi connectivity index (χ0n) is 13.4. The molecule has 1 aliphatic rings. The summed E-state index contributed by atoms with van der Waals surface area (Å²) in [6, 6.07) is 12.5. The molecule has 126 valence electrons. The van der Waals surface area contributed by atoms with E-state index in [1.54, 1.807) is 0 Å². The van der Waals surface area contributed by atoms with Gasteiger partial charge in [0.25, 0.3) is 0 Å². The zero-order valence-corrected chi connectivity index (χ0v) is 15.0. The van der Waals surface area contributed by atoms with Crippen LogP contribution in [0.4, 0.5) is 15.8 Å². The van der Waals surface area contributed by atoms with E-state index in [2.05, 4.69) is 15.1 Å². The van der Waals surface area contributed by atoms with Gasteiger partial charge in [-0.3, -0.25) is 0 Å². The average Bonchev–Trinajstić information content (AvgIpc) is 2.58. The number of nitrogens with one attached hydrogen (secondary N) is 1. The monoisotopic (exact) mass is 363 g/mol. The van der Waals surface area contributed by atoms with Crippen molar-refractivity contribution in [2.45, 2.75) is 6.92 Å². The van der Waals surface area contributed by atoms with Gasteiger partial charge in [0.2, 0.25) is 0 Å². The predicted octanol–water partition coefficient (Wildman–Crippen LogP) is 4.31. The fourth-order valence-corrected chi connectivity index (χ4v) is 3.31. The summed E-state index contributed by atoms with van der Waals surface area (Å²) in [6.45, 7) is 5.31. The van der Waals surface area contributed by atoms with E-state index < -0.39 is 0 Å². The van der Waals surface area contributed by atoms with Gasteiger partial charge < -0.3 is 15.1 Å². The van der Waals surface area contributed by atoms with E-state index in [-0.39, 0.29) is 5.82 Å². The van der Waals surface area contributed by atoms with Crippen LogP contribution in [0.15, 0.2) is 42.5 Å². The smallest absolute Gasteiger partial charge is 0.173 e. The lowest BCUT2D eigenvalue weighted by molar-refractivity contribution is 0.391. The van der Waals surface area contributed by atoms with E-state index in [0.717, 1.165) is 43.1 Å². The maximum Gasteiger partial charge on any atom is 0.173 e. The Morgan fingerprint density at radius 3 is 2.38 bits per heavy atom. The van der Waals surface area contributed by atoms with Crippen molar-refractivity contribution in [3.05, 3.63) is 58.9 Å². The predicted molar refractivity (Wildman–Crippen MR) is 103 cm³/mol. The fourth-order valence-electron chi connectivity index (χ4n) is 2.74. The average molecular weight is 364 g/mol. The van der Waals surface area contributed by atoms with Gasteiger partial charge in [0.1, 0.15) is 5.82 Å². The molecule has 3 rings (SSSR count). The molecule has 0 aromatic heterocycles. The Morgan fingerprint density at radius 2 is 1.75 bits per heavy atom. The Bertz CT molecular complexity index is 728. The van der Waals surface area contributed by atoms with Crippen LogP contribution >= 0.6 is 23.8 Å². The molecule has 3 nitrogen and oxygen atoms in total. The van der Waals surface area contributed by atoms with E-state index in [1.165, 1.54) is 12.1 Å². The van der Waals surface area contributed by atoms with E-state index in [4.69, 9.17) is 23.8 Å². The highest BCUT2D eigenvalue weighted by molar-refractivity contribution is 7.80. The second-order valence-electron chi connectivity index (χ2n) is 5.86. The molecule has 1 aliphatic heterocycles. The largest absolute Gasteiger partial charge is 0.368 e. The molecule has 1 heterocycles. The molecule has 0 unspecified atom stereocenters. The fraction of sp³-hybridized carbons (Fsp3) is 0.278. The highest BCUT2D eigenvalue weighted by Gasteiger charge is 2.19. The standard InChI is InChI=1S/C18H19ClFN3S/c1-13-2-7-17(16(19)12-13)21-18(24)23-10-8-22(9-11-23)15-5-3-14(20)4-6-15/h2-7,12H,8-11H2,1H3,(H,21,24). The minimum absolute atomic E-state index is 0.210. The van der Waals surface area contributed by atoms with Gasteiger partial charge in [-0.25, -0.2) is 4.39 Å². The van der Waals surface area contributed by atoms with Crippen LogP contribution in [0.1, 0.15) is 5.56 Å². The molecule has 1 N–H and O–H groups in total. The number of hydrogen-bond donors (Lipinski definition) is 1. The summed E-state index contributed by atoms with van der Waals surface area (Å²) >= 11 is 11.8. The van der Waals surface area contributed by atoms with Gasteiger partial charge in [-0.15, -0.1) is 0 Å². The van der Waals surface area contributed by atoms with Crippen molar-refractivity contribution in [1.29, 1.82) is 0 Å².